The molecular formula is C31H41ClO2Si2. The van der Waals surface area contributed by atoms with Gasteiger partial charge in [-0.05, 0) is 78.8 Å². The Morgan fingerprint density at radius 2 is 1.19 bits per heavy atom. The Hall–Kier alpha value is -2.15. The molecule has 0 radical (unpaired) electrons. The maximum atomic E-state index is 12.6. The van der Waals surface area contributed by atoms with Crippen LogP contribution in [0.1, 0.15) is 39.9 Å². The van der Waals surface area contributed by atoms with E-state index in [9.17, 15) is 4.79 Å². The smallest absolute Gasteiger partial charge is 0.343 e. The van der Waals surface area contributed by atoms with E-state index in [0.717, 1.165) is 24.3 Å². The summed E-state index contributed by atoms with van der Waals surface area (Å²) in [7, 11) is -2.04. The highest BCUT2D eigenvalue weighted by Gasteiger charge is 2.27. The van der Waals surface area contributed by atoms with Crippen LogP contribution in [0.5, 0.6) is 5.75 Å². The number of unbranched alkanes of at least 4 members (excludes halogenated alkanes) is 1. The molecule has 0 unspecified atom stereocenters. The number of aryl methyl sites for hydroxylation is 3. The molecule has 0 atom stereocenters. The van der Waals surface area contributed by atoms with Crippen molar-refractivity contribution in [3.05, 3.63) is 100 Å². The van der Waals surface area contributed by atoms with Crippen LogP contribution in [0, 0.1) is 0 Å². The summed E-state index contributed by atoms with van der Waals surface area (Å²) in [6, 6.07) is 25.1. The molecule has 3 aromatic carbocycles. The standard InChI is InChI=1S/C31H41ClO2Si2/c1-35(2,3)24-36(4,5)23-7-6-8-25-11-17-28(18-12-25)31(33)34-30-21-15-27(16-22-30)10-9-26-13-19-29(32)20-14-26/h11-22H,6-10,23-24H2,1-5H3. The van der Waals surface area contributed by atoms with Crippen molar-refractivity contribution < 1.29 is 9.53 Å². The van der Waals surface area contributed by atoms with Crippen LogP contribution < -0.4 is 4.74 Å². The molecule has 5 heteroatoms. The predicted octanol–water partition coefficient (Wildman–Crippen LogP) is 9.25. The molecule has 0 aliphatic rings. The second-order valence-electron chi connectivity index (χ2n) is 12.0. The molecule has 3 rings (SSSR count). The third-order valence-corrected chi connectivity index (χ3v) is 16.5. The Morgan fingerprint density at radius 3 is 1.75 bits per heavy atom. The number of halogens is 1. The lowest BCUT2D eigenvalue weighted by atomic mass is 10.0. The van der Waals surface area contributed by atoms with Crippen molar-refractivity contribution in [1.82, 2.24) is 0 Å². The van der Waals surface area contributed by atoms with Crippen LogP contribution in [0.3, 0.4) is 0 Å². The molecule has 0 amide bonds. The summed E-state index contributed by atoms with van der Waals surface area (Å²) in [5, 5.41) is 0.758. The molecule has 0 saturated carbocycles. The molecule has 0 saturated heterocycles. The van der Waals surface area contributed by atoms with Gasteiger partial charge >= 0.3 is 5.97 Å². The van der Waals surface area contributed by atoms with E-state index in [1.165, 1.54) is 41.2 Å². The van der Waals surface area contributed by atoms with Crippen LogP contribution in [0.2, 0.25) is 49.5 Å². The zero-order valence-electron chi connectivity index (χ0n) is 22.6. The number of rotatable bonds is 12. The first-order chi connectivity index (χ1) is 17.0. The van der Waals surface area contributed by atoms with Crippen molar-refractivity contribution >= 4 is 33.7 Å². The molecular weight excluding hydrogens is 496 g/mol. The van der Waals surface area contributed by atoms with E-state index in [-0.39, 0.29) is 5.97 Å². The number of carbonyl (C=O) groups excluding carboxylic acids is 1. The summed E-state index contributed by atoms with van der Waals surface area (Å²) in [5.41, 5.74) is 5.87. The first kappa shape index (κ1) is 28.4. The monoisotopic (exact) mass is 536 g/mol. The van der Waals surface area contributed by atoms with E-state index in [1.54, 1.807) is 0 Å². The lowest BCUT2D eigenvalue weighted by Crippen LogP contribution is -2.37. The number of carbonyl (C=O) groups is 1. The molecule has 0 aliphatic heterocycles. The van der Waals surface area contributed by atoms with Gasteiger partial charge in [0.2, 0.25) is 0 Å². The molecule has 2 nitrogen and oxygen atoms in total. The topological polar surface area (TPSA) is 26.3 Å². The highest BCUT2D eigenvalue weighted by molar-refractivity contribution is 6.94. The van der Waals surface area contributed by atoms with E-state index in [4.69, 9.17) is 16.3 Å². The van der Waals surface area contributed by atoms with Gasteiger partial charge in [0.15, 0.2) is 0 Å². The molecule has 0 spiro atoms. The summed E-state index contributed by atoms with van der Waals surface area (Å²) in [6.45, 7) is 12.6. The van der Waals surface area contributed by atoms with Gasteiger partial charge in [0.05, 0.1) is 5.56 Å². The maximum absolute atomic E-state index is 12.6. The van der Waals surface area contributed by atoms with E-state index in [2.05, 4.69) is 57.0 Å². The second-order valence-corrected chi connectivity index (χ2v) is 23.8. The quantitative estimate of drug-likeness (QED) is 0.0997. The van der Waals surface area contributed by atoms with Crippen molar-refractivity contribution in [2.45, 2.75) is 76.6 Å². The highest BCUT2D eigenvalue weighted by Crippen LogP contribution is 2.25. The average molecular weight is 537 g/mol. The largest absolute Gasteiger partial charge is 0.423 e. The van der Waals surface area contributed by atoms with E-state index in [0.29, 0.717) is 11.3 Å². The Morgan fingerprint density at radius 1 is 0.694 bits per heavy atom. The fourth-order valence-corrected chi connectivity index (χ4v) is 18.6. The molecule has 0 heterocycles. The first-order valence-corrected chi connectivity index (χ1v) is 20.6. The predicted molar refractivity (Wildman–Crippen MR) is 160 cm³/mol. The van der Waals surface area contributed by atoms with Gasteiger partial charge in [-0.25, -0.2) is 4.79 Å². The van der Waals surface area contributed by atoms with Gasteiger partial charge in [-0.2, -0.15) is 0 Å². The second kappa shape index (κ2) is 12.9. The Balaban J connectivity index is 1.42. The number of esters is 1. The third kappa shape index (κ3) is 10.1. The first-order valence-electron chi connectivity index (χ1n) is 13.1. The van der Waals surface area contributed by atoms with E-state index < -0.39 is 16.1 Å². The minimum Gasteiger partial charge on any atom is -0.423 e. The minimum atomic E-state index is -1.07. The number of hydrogen-bond acceptors (Lipinski definition) is 2. The fourth-order valence-electron chi connectivity index (χ4n) is 5.09. The summed E-state index contributed by atoms with van der Waals surface area (Å²) < 4.78 is 5.60. The van der Waals surface area contributed by atoms with Crippen LogP contribution in [0.4, 0.5) is 0 Å². The minimum absolute atomic E-state index is 0.311. The van der Waals surface area contributed by atoms with Crippen LogP contribution >= 0.6 is 11.6 Å². The summed E-state index contributed by atoms with van der Waals surface area (Å²) in [4.78, 5) is 12.6. The van der Waals surface area contributed by atoms with E-state index >= 15 is 0 Å². The van der Waals surface area contributed by atoms with Crippen molar-refractivity contribution in [2.24, 2.45) is 0 Å². The zero-order valence-corrected chi connectivity index (χ0v) is 25.3. The lowest BCUT2D eigenvalue weighted by molar-refractivity contribution is 0.0734. The van der Waals surface area contributed by atoms with Gasteiger partial charge in [0, 0.05) is 21.2 Å². The normalized spacial score (nSPS) is 11.9. The highest BCUT2D eigenvalue weighted by atomic mass is 35.5. The van der Waals surface area contributed by atoms with Gasteiger partial charge in [-0.3, -0.25) is 0 Å². The molecule has 0 fully saturated rings. The number of hydrogen-bond donors (Lipinski definition) is 0. The SMILES string of the molecule is C[Si](C)(C)C[Si](C)(C)CCCCc1ccc(C(=O)Oc2ccc(CCc3ccc(Cl)cc3)cc2)cc1. The summed E-state index contributed by atoms with van der Waals surface area (Å²) in [6.07, 6.45) is 5.47. The number of ether oxygens (including phenoxy) is 1. The van der Waals surface area contributed by atoms with Crippen LogP contribution in [0.15, 0.2) is 72.8 Å². The summed E-state index contributed by atoms with van der Waals surface area (Å²) >= 11 is 5.96. The van der Waals surface area contributed by atoms with Gasteiger partial charge in [0.25, 0.3) is 0 Å². The molecule has 0 aliphatic carbocycles. The third-order valence-electron chi connectivity index (χ3n) is 6.52. The maximum Gasteiger partial charge on any atom is 0.343 e. The van der Waals surface area contributed by atoms with Crippen molar-refractivity contribution in [3.63, 3.8) is 0 Å². The van der Waals surface area contributed by atoms with Gasteiger partial charge in [0.1, 0.15) is 5.75 Å². The molecule has 36 heavy (non-hydrogen) atoms. The Kier molecular flexibility index (Phi) is 10.2. The van der Waals surface area contributed by atoms with Crippen molar-refractivity contribution in [3.8, 4) is 5.75 Å². The molecule has 0 aromatic heterocycles. The van der Waals surface area contributed by atoms with Crippen molar-refractivity contribution in [1.29, 1.82) is 0 Å². The zero-order chi connectivity index (χ0) is 26.2. The van der Waals surface area contributed by atoms with Crippen LogP contribution in [0.25, 0.3) is 0 Å². The average Bonchev–Trinajstić information content (AvgIpc) is 2.81. The Bertz CT molecular complexity index is 1100. The van der Waals surface area contributed by atoms with Crippen LogP contribution in [-0.2, 0) is 19.3 Å². The lowest BCUT2D eigenvalue weighted by Gasteiger charge is -2.29. The van der Waals surface area contributed by atoms with Gasteiger partial charge in [-0.1, -0.05) is 98.9 Å². The molecule has 192 valence electrons. The van der Waals surface area contributed by atoms with E-state index in [1.807, 2.05) is 48.5 Å². The molecule has 0 N–H and O–H groups in total. The van der Waals surface area contributed by atoms with Crippen molar-refractivity contribution in [2.75, 3.05) is 0 Å². The van der Waals surface area contributed by atoms with Gasteiger partial charge in [-0.15, -0.1) is 0 Å². The molecule has 3 aromatic rings. The van der Waals surface area contributed by atoms with Gasteiger partial charge < -0.3 is 4.74 Å². The number of benzene rings is 3. The Labute approximate surface area is 225 Å². The molecule has 0 bridgehead atoms. The van der Waals surface area contributed by atoms with Crippen LogP contribution in [-0.4, -0.2) is 22.1 Å². The summed E-state index contributed by atoms with van der Waals surface area (Å²) in [5.74, 6) is 0.263. The fraction of sp³-hybridized carbons (Fsp3) is 0.387.